The number of ether oxygens (including phenoxy) is 1. The number of hydrogen-bond donors (Lipinski definition) is 0. The highest BCUT2D eigenvalue weighted by molar-refractivity contribution is 5.26. The lowest BCUT2D eigenvalue weighted by molar-refractivity contribution is -0.149. The lowest BCUT2D eigenvalue weighted by Gasteiger charge is -2.32. The minimum atomic E-state index is -4.13. The molecular formula is C16H23F3N2O. The molecule has 0 radical (unpaired) electrons. The second-order valence-corrected chi connectivity index (χ2v) is 6.84. The fourth-order valence-electron chi connectivity index (χ4n) is 2.55. The summed E-state index contributed by atoms with van der Waals surface area (Å²) in [5, 5.41) is 0. The fraction of sp³-hybridized carbons (Fsp3) is 0.688. The summed E-state index contributed by atoms with van der Waals surface area (Å²) >= 11 is 0. The Balaban J connectivity index is 1.89. The molecule has 1 saturated heterocycles. The molecule has 0 saturated carbocycles. The van der Waals surface area contributed by atoms with Crippen molar-refractivity contribution in [2.75, 3.05) is 19.6 Å². The highest BCUT2D eigenvalue weighted by Gasteiger charge is 2.33. The van der Waals surface area contributed by atoms with Crippen LogP contribution in [0.5, 0.6) is 5.88 Å². The van der Waals surface area contributed by atoms with E-state index in [1.54, 1.807) is 6.20 Å². The van der Waals surface area contributed by atoms with Crippen molar-refractivity contribution in [2.45, 2.75) is 51.3 Å². The van der Waals surface area contributed by atoms with Crippen molar-refractivity contribution < 1.29 is 17.9 Å². The number of hydrogen-bond acceptors (Lipinski definition) is 3. The molecule has 1 aliphatic heterocycles. The lowest BCUT2D eigenvalue weighted by Crippen LogP contribution is -2.42. The van der Waals surface area contributed by atoms with E-state index in [1.165, 1.54) is 4.90 Å². The summed E-state index contributed by atoms with van der Waals surface area (Å²) in [6, 6.07) is 3.88. The normalized spacial score (nSPS) is 18.5. The van der Waals surface area contributed by atoms with Crippen LogP contribution < -0.4 is 4.74 Å². The molecule has 3 nitrogen and oxygen atoms in total. The van der Waals surface area contributed by atoms with Crippen LogP contribution >= 0.6 is 0 Å². The predicted molar refractivity (Wildman–Crippen MR) is 79.1 cm³/mol. The quantitative estimate of drug-likeness (QED) is 0.848. The van der Waals surface area contributed by atoms with Crippen LogP contribution in [0.2, 0.25) is 0 Å². The molecule has 1 aromatic heterocycles. The Hall–Kier alpha value is -1.30. The first kappa shape index (κ1) is 17.1. The van der Waals surface area contributed by atoms with E-state index in [9.17, 15) is 13.2 Å². The van der Waals surface area contributed by atoms with Gasteiger partial charge in [-0.1, -0.05) is 20.8 Å². The first-order chi connectivity index (χ1) is 10.1. The molecule has 0 bridgehead atoms. The van der Waals surface area contributed by atoms with Crippen LogP contribution in [0.1, 0.15) is 39.2 Å². The molecule has 22 heavy (non-hydrogen) atoms. The molecular weight excluding hydrogens is 293 g/mol. The van der Waals surface area contributed by atoms with Crippen molar-refractivity contribution in [3.63, 3.8) is 0 Å². The Morgan fingerprint density at radius 1 is 1.23 bits per heavy atom. The van der Waals surface area contributed by atoms with Crippen LogP contribution in [0.25, 0.3) is 0 Å². The van der Waals surface area contributed by atoms with Crippen molar-refractivity contribution in [1.29, 1.82) is 0 Å². The third-order valence-electron chi connectivity index (χ3n) is 3.83. The third kappa shape index (κ3) is 5.16. The highest BCUT2D eigenvalue weighted by Crippen LogP contribution is 2.26. The lowest BCUT2D eigenvalue weighted by atomic mass is 9.88. The van der Waals surface area contributed by atoms with Gasteiger partial charge in [-0.2, -0.15) is 13.2 Å². The minimum Gasteiger partial charge on any atom is -0.474 e. The summed E-state index contributed by atoms with van der Waals surface area (Å²) in [4.78, 5) is 5.64. The van der Waals surface area contributed by atoms with Gasteiger partial charge in [0.2, 0.25) is 5.88 Å². The van der Waals surface area contributed by atoms with Crippen molar-refractivity contribution >= 4 is 0 Å². The Morgan fingerprint density at radius 3 is 2.41 bits per heavy atom. The monoisotopic (exact) mass is 316 g/mol. The smallest absolute Gasteiger partial charge is 0.401 e. The number of halogens is 3. The van der Waals surface area contributed by atoms with Crippen LogP contribution in [-0.4, -0.2) is 41.8 Å². The molecule has 0 aromatic carbocycles. The van der Waals surface area contributed by atoms with Gasteiger partial charge in [-0.05, 0) is 29.9 Å². The molecule has 1 aliphatic rings. The number of piperidine rings is 1. The van der Waals surface area contributed by atoms with E-state index < -0.39 is 12.7 Å². The number of nitrogens with zero attached hydrogens (tertiary/aromatic N) is 2. The molecule has 2 heterocycles. The Labute approximate surface area is 129 Å². The Morgan fingerprint density at radius 2 is 1.86 bits per heavy atom. The van der Waals surface area contributed by atoms with Gasteiger partial charge in [0.05, 0.1) is 6.54 Å². The zero-order chi connectivity index (χ0) is 16.4. The van der Waals surface area contributed by atoms with Crippen LogP contribution in [0.4, 0.5) is 13.2 Å². The van der Waals surface area contributed by atoms with Gasteiger partial charge < -0.3 is 4.74 Å². The SMILES string of the molecule is CC(C)(C)c1ccnc(OC2CCN(CC(F)(F)F)CC2)c1. The van der Waals surface area contributed by atoms with Gasteiger partial charge in [0.25, 0.3) is 0 Å². The molecule has 0 aliphatic carbocycles. The molecule has 6 heteroatoms. The molecule has 1 fully saturated rings. The maximum atomic E-state index is 12.4. The first-order valence-corrected chi connectivity index (χ1v) is 7.56. The maximum Gasteiger partial charge on any atom is 0.401 e. The summed E-state index contributed by atoms with van der Waals surface area (Å²) in [6.07, 6.45) is -1.28. The van der Waals surface area contributed by atoms with Gasteiger partial charge in [-0.25, -0.2) is 4.98 Å². The van der Waals surface area contributed by atoms with Crippen molar-refractivity contribution in [3.05, 3.63) is 23.9 Å². The van der Waals surface area contributed by atoms with E-state index in [-0.39, 0.29) is 11.5 Å². The summed E-state index contributed by atoms with van der Waals surface area (Å²) in [6.45, 7) is 6.31. The minimum absolute atomic E-state index is 0.0110. The second kappa shape index (κ2) is 6.44. The zero-order valence-corrected chi connectivity index (χ0v) is 13.3. The summed E-state index contributed by atoms with van der Waals surface area (Å²) in [7, 11) is 0. The zero-order valence-electron chi connectivity index (χ0n) is 13.3. The highest BCUT2D eigenvalue weighted by atomic mass is 19.4. The van der Waals surface area contributed by atoms with Crippen molar-refractivity contribution in [1.82, 2.24) is 9.88 Å². The molecule has 0 spiro atoms. The van der Waals surface area contributed by atoms with E-state index >= 15 is 0 Å². The Kier molecular flexibility index (Phi) is 5.00. The van der Waals surface area contributed by atoms with Crippen LogP contribution in [0.15, 0.2) is 18.3 Å². The standard InChI is InChI=1S/C16H23F3N2O/c1-15(2,3)12-4-7-20-14(10-12)22-13-5-8-21(9-6-13)11-16(17,18)19/h4,7,10,13H,5-6,8-9,11H2,1-3H3. The van der Waals surface area contributed by atoms with Gasteiger partial charge in [0, 0.05) is 25.4 Å². The molecule has 2 rings (SSSR count). The average Bonchev–Trinajstić information content (AvgIpc) is 2.39. The Bertz CT molecular complexity index is 489. The third-order valence-corrected chi connectivity index (χ3v) is 3.83. The molecule has 1 aromatic rings. The second-order valence-electron chi connectivity index (χ2n) is 6.84. The van der Waals surface area contributed by atoms with Gasteiger partial charge in [0.15, 0.2) is 0 Å². The van der Waals surface area contributed by atoms with Gasteiger partial charge in [-0.3, -0.25) is 4.90 Å². The van der Waals surface area contributed by atoms with E-state index in [2.05, 4.69) is 25.8 Å². The topological polar surface area (TPSA) is 25.4 Å². The van der Waals surface area contributed by atoms with Crippen molar-refractivity contribution in [3.8, 4) is 5.88 Å². The van der Waals surface area contributed by atoms with Gasteiger partial charge >= 0.3 is 6.18 Å². The van der Waals surface area contributed by atoms with Crippen LogP contribution in [0, 0.1) is 0 Å². The molecule has 0 atom stereocenters. The van der Waals surface area contributed by atoms with Crippen LogP contribution in [-0.2, 0) is 5.41 Å². The maximum absolute atomic E-state index is 12.4. The number of aromatic nitrogens is 1. The molecule has 124 valence electrons. The predicted octanol–water partition coefficient (Wildman–Crippen LogP) is 3.78. The molecule has 0 unspecified atom stereocenters. The average molecular weight is 316 g/mol. The van der Waals surface area contributed by atoms with E-state index in [4.69, 9.17) is 4.74 Å². The van der Waals surface area contributed by atoms with Crippen LogP contribution in [0.3, 0.4) is 0 Å². The number of alkyl halides is 3. The van der Waals surface area contributed by atoms with E-state index in [0.717, 1.165) is 5.56 Å². The number of pyridine rings is 1. The molecule has 0 amide bonds. The summed E-state index contributed by atoms with van der Waals surface area (Å²) in [5.41, 5.74) is 1.14. The number of likely N-dealkylation sites (tertiary alicyclic amines) is 1. The van der Waals surface area contributed by atoms with E-state index in [1.807, 2.05) is 12.1 Å². The van der Waals surface area contributed by atoms with Gasteiger partial charge in [-0.15, -0.1) is 0 Å². The van der Waals surface area contributed by atoms with Gasteiger partial charge in [0.1, 0.15) is 6.10 Å². The largest absolute Gasteiger partial charge is 0.474 e. The first-order valence-electron chi connectivity index (χ1n) is 7.56. The molecule has 0 N–H and O–H groups in total. The van der Waals surface area contributed by atoms with Crippen molar-refractivity contribution in [2.24, 2.45) is 0 Å². The van der Waals surface area contributed by atoms with E-state index in [0.29, 0.717) is 31.8 Å². The number of rotatable bonds is 3. The summed E-state index contributed by atoms with van der Waals surface area (Å²) < 4.78 is 42.9. The summed E-state index contributed by atoms with van der Waals surface area (Å²) in [5.74, 6) is 0.557. The fourth-order valence-corrected chi connectivity index (χ4v) is 2.55.